The van der Waals surface area contributed by atoms with Crippen molar-refractivity contribution in [3.8, 4) is 0 Å². The number of rotatable bonds is 2. The number of benzene rings is 1. The molecule has 2 nitrogen and oxygen atoms in total. The molecule has 1 aromatic heterocycles. The van der Waals surface area contributed by atoms with Crippen molar-refractivity contribution in [1.82, 2.24) is 4.98 Å². The maximum absolute atomic E-state index is 6.22. The van der Waals surface area contributed by atoms with E-state index in [9.17, 15) is 0 Å². The van der Waals surface area contributed by atoms with E-state index in [0.717, 1.165) is 20.5 Å². The van der Waals surface area contributed by atoms with Gasteiger partial charge in [-0.05, 0) is 46.7 Å². The molecule has 1 atom stereocenters. The Kier molecular flexibility index (Phi) is 3.56. The van der Waals surface area contributed by atoms with Crippen molar-refractivity contribution in [1.29, 1.82) is 0 Å². The van der Waals surface area contributed by atoms with Gasteiger partial charge in [0.15, 0.2) is 0 Å². The van der Waals surface area contributed by atoms with Crippen molar-refractivity contribution >= 4 is 22.6 Å². The van der Waals surface area contributed by atoms with Crippen LogP contribution in [0.4, 0.5) is 0 Å². The minimum Gasteiger partial charge on any atom is -0.320 e. The maximum Gasteiger partial charge on any atom is 0.101 e. The Morgan fingerprint density at radius 1 is 1.12 bits per heavy atom. The topological polar surface area (TPSA) is 38.9 Å². The number of nitrogens with zero attached hydrogens (tertiary/aromatic N) is 1. The normalized spacial score (nSPS) is 12.4. The highest BCUT2D eigenvalue weighted by atomic mass is 127. The highest BCUT2D eigenvalue weighted by Crippen LogP contribution is 2.21. The summed E-state index contributed by atoms with van der Waals surface area (Å²) in [5.41, 5.74) is 9.44. The predicted molar refractivity (Wildman–Crippen MR) is 74.2 cm³/mol. The van der Waals surface area contributed by atoms with Gasteiger partial charge in [-0.3, -0.25) is 0 Å². The molecule has 0 aliphatic heterocycles. The van der Waals surface area contributed by atoms with Crippen LogP contribution in [0.25, 0.3) is 0 Å². The van der Waals surface area contributed by atoms with Gasteiger partial charge >= 0.3 is 0 Å². The van der Waals surface area contributed by atoms with Crippen LogP contribution in [0.3, 0.4) is 0 Å². The zero-order chi connectivity index (χ0) is 11.5. The van der Waals surface area contributed by atoms with Crippen molar-refractivity contribution in [2.24, 2.45) is 5.73 Å². The number of hydrogen-bond acceptors (Lipinski definition) is 2. The molecule has 0 fully saturated rings. The van der Waals surface area contributed by atoms with E-state index in [1.54, 1.807) is 0 Å². The zero-order valence-electron chi connectivity index (χ0n) is 9.02. The van der Waals surface area contributed by atoms with Gasteiger partial charge in [-0.15, -0.1) is 0 Å². The summed E-state index contributed by atoms with van der Waals surface area (Å²) < 4.78 is 0.999. The molecule has 82 valence electrons. The minimum absolute atomic E-state index is 0.0919. The Morgan fingerprint density at radius 3 is 2.44 bits per heavy atom. The Bertz CT molecular complexity index is 483. The average Bonchev–Trinajstić information content (AvgIpc) is 2.29. The molecule has 0 unspecified atom stereocenters. The monoisotopic (exact) mass is 324 g/mol. The zero-order valence-corrected chi connectivity index (χ0v) is 11.2. The first kappa shape index (κ1) is 11.5. The quantitative estimate of drug-likeness (QED) is 0.681. The number of halogens is 1. The SMILES string of the molecule is Cc1nc(I)ccc1[C@@H](N)c1ccccc1. The van der Waals surface area contributed by atoms with Crippen molar-refractivity contribution in [2.75, 3.05) is 0 Å². The highest BCUT2D eigenvalue weighted by Gasteiger charge is 2.11. The van der Waals surface area contributed by atoms with Gasteiger partial charge in [0.25, 0.3) is 0 Å². The summed E-state index contributed by atoms with van der Waals surface area (Å²) in [5.74, 6) is 0. The van der Waals surface area contributed by atoms with Crippen molar-refractivity contribution in [3.63, 3.8) is 0 Å². The Labute approximate surface area is 109 Å². The summed E-state index contributed by atoms with van der Waals surface area (Å²) in [6, 6.07) is 14.0. The first-order chi connectivity index (χ1) is 7.68. The number of hydrogen-bond donors (Lipinski definition) is 1. The molecule has 0 bridgehead atoms. The second kappa shape index (κ2) is 4.93. The third-order valence-electron chi connectivity index (χ3n) is 2.59. The van der Waals surface area contributed by atoms with Crippen LogP contribution in [0, 0.1) is 10.6 Å². The van der Waals surface area contributed by atoms with Crippen LogP contribution in [-0.4, -0.2) is 4.98 Å². The smallest absolute Gasteiger partial charge is 0.101 e. The standard InChI is InChI=1S/C13H13IN2/c1-9-11(7-8-12(14)16-9)13(15)10-5-3-2-4-6-10/h2-8,13H,15H2,1H3/t13-/m0/s1. The number of aromatic nitrogens is 1. The molecule has 0 amide bonds. The Morgan fingerprint density at radius 2 is 1.81 bits per heavy atom. The van der Waals surface area contributed by atoms with Gasteiger partial charge in [0.1, 0.15) is 3.70 Å². The van der Waals surface area contributed by atoms with Crippen LogP contribution in [0.5, 0.6) is 0 Å². The van der Waals surface area contributed by atoms with E-state index in [1.165, 1.54) is 0 Å². The van der Waals surface area contributed by atoms with Crippen molar-refractivity contribution in [2.45, 2.75) is 13.0 Å². The average molecular weight is 324 g/mol. The van der Waals surface area contributed by atoms with E-state index in [0.29, 0.717) is 0 Å². The summed E-state index contributed by atoms with van der Waals surface area (Å²) in [5, 5.41) is 0. The fourth-order valence-electron chi connectivity index (χ4n) is 1.71. The highest BCUT2D eigenvalue weighted by molar-refractivity contribution is 14.1. The molecule has 0 aliphatic rings. The third-order valence-corrected chi connectivity index (χ3v) is 3.19. The number of nitrogens with two attached hydrogens (primary N) is 1. The summed E-state index contributed by atoms with van der Waals surface area (Å²) in [7, 11) is 0. The molecular formula is C13H13IN2. The van der Waals surface area contributed by atoms with Crippen molar-refractivity contribution < 1.29 is 0 Å². The van der Waals surface area contributed by atoms with E-state index in [2.05, 4.69) is 33.6 Å². The van der Waals surface area contributed by atoms with E-state index in [4.69, 9.17) is 5.73 Å². The molecule has 1 aromatic carbocycles. The molecule has 0 radical (unpaired) electrons. The van der Waals surface area contributed by atoms with Crippen molar-refractivity contribution in [3.05, 3.63) is 63.0 Å². The van der Waals surface area contributed by atoms with Crippen LogP contribution < -0.4 is 5.73 Å². The van der Waals surface area contributed by atoms with Gasteiger partial charge in [-0.2, -0.15) is 0 Å². The molecule has 2 rings (SSSR count). The van der Waals surface area contributed by atoms with Gasteiger partial charge in [0.2, 0.25) is 0 Å². The molecule has 2 N–H and O–H groups in total. The molecule has 0 spiro atoms. The first-order valence-electron chi connectivity index (χ1n) is 5.12. The lowest BCUT2D eigenvalue weighted by Crippen LogP contribution is -2.14. The lowest BCUT2D eigenvalue weighted by Gasteiger charge is -2.14. The second-order valence-electron chi connectivity index (χ2n) is 3.70. The number of pyridine rings is 1. The fraction of sp³-hybridized carbons (Fsp3) is 0.154. The van der Waals surface area contributed by atoms with E-state index in [-0.39, 0.29) is 6.04 Å². The Hall–Kier alpha value is -0.940. The maximum atomic E-state index is 6.22. The molecule has 0 saturated carbocycles. The molecule has 2 aromatic rings. The van der Waals surface area contributed by atoms with Gasteiger partial charge in [-0.1, -0.05) is 36.4 Å². The molecule has 0 saturated heterocycles. The van der Waals surface area contributed by atoms with Crippen LogP contribution in [0.15, 0.2) is 42.5 Å². The first-order valence-corrected chi connectivity index (χ1v) is 6.20. The van der Waals surface area contributed by atoms with Crippen LogP contribution in [0.1, 0.15) is 22.9 Å². The van der Waals surface area contributed by atoms with E-state index < -0.39 is 0 Å². The fourth-order valence-corrected chi connectivity index (χ4v) is 2.25. The Balaban J connectivity index is 2.38. The van der Waals surface area contributed by atoms with Crippen LogP contribution in [-0.2, 0) is 0 Å². The lowest BCUT2D eigenvalue weighted by molar-refractivity contribution is 0.845. The summed E-state index contributed by atoms with van der Waals surface area (Å²) in [6.45, 7) is 2.00. The summed E-state index contributed by atoms with van der Waals surface area (Å²) in [6.07, 6.45) is 0. The second-order valence-corrected chi connectivity index (χ2v) is 4.80. The van der Waals surface area contributed by atoms with E-state index >= 15 is 0 Å². The molecule has 1 heterocycles. The predicted octanol–water partition coefficient (Wildman–Crippen LogP) is 3.04. The largest absolute Gasteiger partial charge is 0.320 e. The van der Waals surface area contributed by atoms with Gasteiger partial charge in [0.05, 0.1) is 6.04 Å². The molecule has 3 heteroatoms. The van der Waals surface area contributed by atoms with Crippen LogP contribution >= 0.6 is 22.6 Å². The minimum atomic E-state index is -0.0919. The van der Waals surface area contributed by atoms with Gasteiger partial charge in [-0.25, -0.2) is 4.98 Å². The molecule has 16 heavy (non-hydrogen) atoms. The van der Waals surface area contributed by atoms with Gasteiger partial charge in [0, 0.05) is 5.69 Å². The van der Waals surface area contributed by atoms with Gasteiger partial charge < -0.3 is 5.73 Å². The van der Waals surface area contributed by atoms with E-state index in [1.807, 2.05) is 43.3 Å². The summed E-state index contributed by atoms with van der Waals surface area (Å²) >= 11 is 2.21. The molecule has 0 aliphatic carbocycles. The summed E-state index contributed by atoms with van der Waals surface area (Å²) in [4.78, 5) is 4.43. The third kappa shape index (κ3) is 2.41. The van der Waals surface area contributed by atoms with Crippen LogP contribution in [0.2, 0.25) is 0 Å². The molecular weight excluding hydrogens is 311 g/mol. The lowest BCUT2D eigenvalue weighted by atomic mass is 9.99. The number of aryl methyl sites for hydroxylation is 1.